The maximum absolute atomic E-state index is 11.4. The van der Waals surface area contributed by atoms with Crippen molar-refractivity contribution in [2.24, 2.45) is 0 Å². The first-order valence-corrected chi connectivity index (χ1v) is 8.36. The molecule has 9 heteroatoms. The monoisotopic (exact) mass is 385 g/mol. The van der Waals surface area contributed by atoms with Crippen LogP contribution in [-0.4, -0.2) is 30.6 Å². The van der Waals surface area contributed by atoms with Crippen LogP contribution in [0.2, 0.25) is 0 Å². The average Bonchev–Trinajstić information content (AvgIpc) is 3.13. The molecule has 1 heterocycles. The fourth-order valence-corrected chi connectivity index (χ4v) is 3.05. The first-order chi connectivity index (χ1) is 13.5. The first kappa shape index (κ1) is 19.0. The van der Waals surface area contributed by atoms with Crippen LogP contribution in [0, 0.1) is 10.1 Å². The van der Waals surface area contributed by atoms with Crippen LogP contribution in [0.15, 0.2) is 36.5 Å². The normalized spacial score (nSPS) is 11.7. The number of nitro benzene ring substituents is 1. The van der Waals surface area contributed by atoms with E-state index in [1.807, 2.05) is 0 Å². The number of fused-ring (bicyclic) bond motifs is 1. The van der Waals surface area contributed by atoms with E-state index < -0.39 is 11.0 Å². The highest BCUT2D eigenvalue weighted by molar-refractivity contribution is 6.01. The predicted molar refractivity (Wildman–Crippen MR) is 103 cm³/mol. The molecule has 1 unspecified atom stereocenters. The molecule has 0 saturated carbocycles. The molecule has 0 saturated heterocycles. The maximum Gasteiger partial charge on any atom is 0.293 e. The first-order valence-electron chi connectivity index (χ1n) is 8.36. The van der Waals surface area contributed by atoms with E-state index in [0.717, 1.165) is 0 Å². The number of non-ortho nitro benzene ring substituents is 1. The summed E-state index contributed by atoms with van der Waals surface area (Å²) in [5.74, 6) is 1.19. The van der Waals surface area contributed by atoms with Crippen LogP contribution >= 0.6 is 0 Å². The second-order valence-corrected chi connectivity index (χ2v) is 5.95. The average molecular weight is 385 g/mol. The van der Waals surface area contributed by atoms with Gasteiger partial charge in [0, 0.05) is 35.0 Å². The van der Waals surface area contributed by atoms with Crippen molar-refractivity contribution in [1.82, 2.24) is 4.98 Å². The number of rotatable bonds is 8. The Kier molecular flexibility index (Phi) is 5.35. The molecular weight excluding hydrogens is 366 g/mol. The number of hydrogen-bond acceptors (Lipinski definition) is 7. The molecule has 28 heavy (non-hydrogen) atoms. The van der Waals surface area contributed by atoms with E-state index in [0.29, 0.717) is 45.8 Å². The van der Waals surface area contributed by atoms with Crippen molar-refractivity contribution >= 4 is 34.4 Å². The van der Waals surface area contributed by atoms with Gasteiger partial charge in [-0.05, 0) is 25.1 Å². The molecule has 0 aliphatic heterocycles. The van der Waals surface area contributed by atoms with E-state index in [2.05, 4.69) is 10.3 Å². The van der Waals surface area contributed by atoms with Gasteiger partial charge in [0.15, 0.2) is 0 Å². The standard InChI is InChI=1S/C19H19N3O6/c1-11(28-10-23)13-9-20-19-16(22(24)25)6-5-14(18(13)19)21-15-8-12(26-2)4-7-17(15)27-3/h4-11,20-21H,1-3H3. The highest BCUT2D eigenvalue weighted by Gasteiger charge is 2.22. The minimum Gasteiger partial charge on any atom is -0.497 e. The number of aromatic nitrogens is 1. The summed E-state index contributed by atoms with van der Waals surface area (Å²) in [6.45, 7) is 2.03. The van der Waals surface area contributed by atoms with Gasteiger partial charge >= 0.3 is 0 Å². The van der Waals surface area contributed by atoms with Crippen molar-refractivity contribution < 1.29 is 23.9 Å². The van der Waals surface area contributed by atoms with Gasteiger partial charge in [0.1, 0.15) is 23.1 Å². The van der Waals surface area contributed by atoms with Crippen molar-refractivity contribution in [2.45, 2.75) is 13.0 Å². The van der Waals surface area contributed by atoms with Gasteiger partial charge in [-0.25, -0.2) is 0 Å². The molecule has 3 rings (SSSR count). The number of aromatic amines is 1. The molecule has 1 atom stereocenters. The van der Waals surface area contributed by atoms with Gasteiger partial charge in [0.2, 0.25) is 0 Å². The van der Waals surface area contributed by atoms with Crippen LogP contribution in [-0.2, 0) is 9.53 Å². The largest absolute Gasteiger partial charge is 0.497 e. The summed E-state index contributed by atoms with van der Waals surface area (Å²) in [5.41, 5.74) is 2.06. The van der Waals surface area contributed by atoms with Crippen LogP contribution in [0.1, 0.15) is 18.6 Å². The highest BCUT2D eigenvalue weighted by atomic mass is 16.6. The molecule has 0 bridgehead atoms. The molecule has 0 spiro atoms. The minimum atomic E-state index is -0.596. The number of nitrogens with zero attached hydrogens (tertiary/aromatic N) is 1. The molecule has 2 N–H and O–H groups in total. The molecule has 0 amide bonds. The van der Waals surface area contributed by atoms with Gasteiger partial charge in [0.25, 0.3) is 12.2 Å². The fourth-order valence-electron chi connectivity index (χ4n) is 3.05. The second kappa shape index (κ2) is 7.87. The van der Waals surface area contributed by atoms with Gasteiger partial charge in [-0.15, -0.1) is 0 Å². The summed E-state index contributed by atoms with van der Waals surface area (Å²) in [6, 6.07) is 8.27. The Labute approximate surface area is 160 Å². The number of nitro groups is 1. The molecule has 1 aromatic heterocycles. The summed E-state index contributed by atoms with van der Waals surface area (Å²) in [6.07, 6.45) is 1.00. The van der Waals surface area contributed by atoms with Gasteiger partial charge < -0.3 is 24.5 Å². The Morgan fingerprint density at radius 2 is 1.96 bits per heavy atom. The Morgan fingerprint density at radius 1 is 1.18 bits per heavy atom. The van der Waals surface area contributed by atoms with Gasteiger partial charge in [0.05, 0.1) is 24.8 Å². The maximum atomic E-state index is 11.4. The number of anilines is 2. The van der Waals surface area contributed by atoms with E-state index in [1.165, 1.54) is 6.07 Å². The molecule has 0 radical (unpaired) electrons. The number of H-pyrrole nitrogens is 1. The minimum absolute atomic E-state index is 0.0808. The number of carbonyl (C=O) groups excluding carboxylic acids is 1. The SMILES string of the molecule is COc1ccc(OC)c(Nc2ccc([N+](=O)[O-])c3[nH]cc(C(C)OC=O)c23)c1. The van der Waals surface area contributed by atoms with Crippen molar-refractivity contribution in [2.75, 3.05) is 19.5 Å². The lowest BCUT2D eigenvalue weighted by Gasteiger charge is -2.15. The molecule has 0 aliphatic carbocycles. The van der Waals surface area contributed by atoms with Crippen molar-refractivity contribution in [3.63, 3.8) is 0 Å². The molecular formula is C19H19N3O6. The number of benzene rings is 2. The predicted octanol–water partition coefficient (Wildman–Crippen LogP) is 4.07. The van der Waals surface area contributed by atoms with Crippen molar-refractivity contribution in [1.29, 1.82) is 0 Å². The Hall–Kier alpha value is -3.75. The fraction of sp³-hybridized carbons (Fsp3) is 0.211. The summed E-state index contributed by atoms with van der Waals surface area (Å²) < 4.78 is 15.7. The van der Waals surface area contributed by atoms with E-state index in [9.17, 15) is 14.9 Å². The lowest BCUT2D eigenvalue weighted by atomic mass is 10.1. The third-order valence-corrected chi connectivity index (χ3v) is 4.41. The van der Waals surface area contributed by atoms with Crippen LogP contribution in [0.25, 0.3) is 10.9 Å². The molecule has 146 valence electrons. The molecule has 0 fully saturated rings. The number of methoxy groups -OCH3 is 2. The van der Waals surface area contributed by atoms with Crippen LogP contribution in [0.5, 0.6) is 11.5 Å². The van der Waals surface area contributed by atoms with Crippen molar-refractivity contribution in [3.05, 3.63) is 52.2 Å². The number of carbonyl (C=O) groups is 1. The summed E-state index contributed by atoms with van der Waals surface area (Å²) in [5, 5.41) is 15.2. The summed E-state index contributed by atoms with van der Waals surface area (Å²) in [7, 11) is 3.10. The zero-order valence-electron chi connectivity index (χ0n) is 15.5. The van der Waals surface area contributed by atoms with Crippen molar-refractivity contribution in [3.8, 4) is 11.5 Å². The van der Waals surface area contributed by atoms with E-state index in [-0.39, 0.29) is 5.69 Å². The third-order valence-electron chi connectivity index (χ3n) is 4.41. The summed E-state index contributed by atoms with van der Waals surface area (Å²) >= 11 is 0. The number of hydrogen-bond donors (Lipinski definition) is 2. The van der Waals surface area contributed by atoms with E-state index in [4.69, 9.17) is 14.2 Å². The zero-order valence-corrected chi connectivity index (χ0v) is 15.5. The molecule has 3 aromatic rings. The van der Waals surface area contributed by atoms with E-state index in [1.54, 1.807) is 51.6 Å². The Balaban J connectivity index is 2.18. The van der Waals surface area contributed by atoms with Gasteiger partial charge in [-0.1, -0.05) is 0 Å². The van der Waals surface area contributed by atoms with Crippen LogP contribution in [0.4, 0.5) is 17.1 Å². The van der Waals surface area contributed by atoms with Gasteiger partial charge in [-0.3, -0.25) is 14.9 Å². The topological polar surface area (TPSA) is 116 Å². The summed E-state index contributed by atoms with van der Waals surface area (Å²) in [4.78, 5) is 24.6. The van der Waals surface area contributed by atoms with Gasteiger partial charge in [-0.2, -0.15) is 0 Å². The molecule has 2 aromatic carbocycles. The number of nitrogens with one attached hydrogen (secondary N) is 2. The quantitative estimate of drug-likeness (QED) is 0.341. The Bertz CT molecular complexity index is 1030. The molecule has 9 nitrogen and oxygen atoms in total. The van der Waals surface area contributed by atoms with Crippen LogP contribution < -0.4 is 14.8 Å². The van der Waals surface area contributed by atoms with E-state index >= 15 is 0 Å². The second-order valence-electron chi connectivity index (χ2n) is 5.95. The lowest BCUT2D eigenvalue weighted by molar-refractivity contribution is -0.383. The Morgan fingerprint density at radius 3 is 2.61 bits per heavy atom. The third kappa shape index (κ3) is 3.41. The number of ether oxygens (including phenoxy) is 3. The zero-order chi connectivity index (χ0) is 20.3. The lowest BCUT2D eigenvalue weighted by Crippen LogP contribution is -2.01. The van der Waals surface area contributed by atoms with Crippen LogP contribution in [0.3, 0.4) is 0 Å². The molecule has 0 aliphatic rings. The highest BCUT2D eigenvalue weighted by Crippen LogP contribution is 2.40. The smallest absolute Gasteiger partial charge is 0.293 e.